The smallest absolute Gasteiger partial charge is 0.137 e. The van der Waals surface area contributed by atoms with Gasteiger partial charge in [0, 0.05) is 36.9 Å². The molecule has 0 aliphatic carbocycles. The van der Waals surface area contributed by atoms with Gasteiger partial charge < -0.3 is 9.32 Å². The van der Waals surface area contributed by atoms with Crippen molar-refractivity contribution in [2.75, 3.05) is 4.90 Å². The third kappa shape index (κ3) is 5.18. The summed E-state index contributed by atoms with van der Waals surface area (Å²) in [6, 6.07) is 67.4. The molecule has 0 saturated carbocycles. The lowest BCUT2D eigenvalue weighted by Crippen LogP contribution is -2.10. The predicted octanol–water partition coefficient (Wildman–Crippen LogP) is 14.4. The van der Waals surface area contributed by atoms with Gasteiger partial charge in [0.2, 0.25) is 0 Å². The average Bonchev–Trinajstić information content (AvgIpc) is 3.77. The van der Waals surface area contributed by atoms with Gasteiger partial charge in [0.05, 0.1) is 11.1 Å². The first-order valence-corrected chi connectivity index (χ1v) is 18.1. The molecule has 0 fully saturated rings. The van der Waals surface area contributed by atoms with Crippen LogP contribution >= 0.6 is 11.3 Å². The van der Waals surface area contributed by atoms with Crippen molar-refractivity contribution < 1.29 is 4.42 Å². The van der Waals surface area contributed by atoms with Crippen LogP contribution in [-0.2, 0) is 0 Å². The minimum absolute atomic E-state index is 0.873. The first-order chi connectivity index (χ1) is 25.3. The van der Waals surface area contributed by atoms with Gasteiger partial charge in [0.25, 0.3) is 0 Å². The fraction of sp³-hybridized carbons (Fsp3) is 0. The summed E-state index contributed by atoms with van der Waals surface area (Å²) in [5, 5.41) is 4.83. The Bertz CT molecular complexity index is 2860. The van der Waals surface area contributed by atoms with Gasteiger partial charge in [-0.25, -0.2) is 0 Å². The SMILES string of the molecule is c1ccc(-c2ccc(-c3cccc(N(c4cccc(-c5ccc6c(c5)sc5ccccc56)c4)c4cccc5oc6ccccc6c45)c3)cc2)cc1. The van der Waals surface area contributed by atoms with Crippen molar-refractivity contribution in [1.29, 1.82) is 0 Å². The lowest BCUT2D eigenvalue weighted by atomic mass is 9.99. The van der Waals surface area contributed by atoms with Crippen molar-refractivity contribution in [3.05, 3.63) is 188 Å². The molecule has 0 atom stereocenters. The van der Waals surface area contributed by atoms with E-state index in [2.05, 4.69) is 181 Å². The van der Waals surface area contributed by atoms with Crippen LogP contribution in [0, 0.1) is 0 Å². The molecule has 0 radical (unpaired) electrons. The molecular weight excluding hydrogens is 639 g/mol. The second-order valence-corrected chi connectivity index (χ2v) is 14.0. The summed E-state index contributed by atoms with van der Waals surface area (Å²) in [6.45, 7) is 0. The molecule has 0 unspecified atom stereocenters. The number of rotatable bonds is 6. The minimum Gasteiger partial charge on any atom is -0.456 e. The summed E-state index contributed by atoms with van der Waals surface area (Å²) in [5.74, 6) is 0. The molecule has 0 amide bonds. The normalized spacial score (nSPS) is 11.5. The zero-order valence-corrected chi connectivity index (χ0v) is 28.5. The van der Waals surface area contributed by atoms with Crippen LogP contribution < -0.4 is 4.90 Å². The number of hydrogen-bond acceptors (Lipinski definition) is 3. The van der Waals surface area contributed by atoms with Crippen LogP contribution in [0.3, 0.4) is 0 Å². The number of anilines is 3. The van der Waals surface area contributed by atoms with Crippen molar-refractivity contribution in [2.45, 2.75) is 0 Å². The Labute approximate surface area is 300 Å². The second kappa shape index (κ2) is 12.2. The zero-order chi connectivity index (χ0) is 33.7. The fourth-order valence-corrected chi connectivity index (χ4v) is 8.56. The topological polar surface area (TPSA) is 16.4 Å². The average molecular weight is 670 g/mol. The number of para-hydroxylation sites is 1. The predicted molar refractivity (Wildman–Crippen MR) is 218 cm³/mol. The highest BCUT2D eigenvalue weighted by Gasteiger charge is 2.20. The lowest BCUT2D eigenvalue weighted by molar-refractivity contribution is 0.669. The zero-order valence-electron chi connectivity index (χ0n) is 27.7. The summed E-state index contributed by atoms with van der Waals surface area (Å²) in [5.41, 5.74) is 12.1. The van der Waals surface area contributed by atoms with E-state index in [-0.39, 0.29) is 0 Å². The van der Waals surface area contributed by atoms with E-state index < -0.39 is 0 Å². The maximum Gasteiger partial charge on any atom is 0.137 e. The molecule has 10 aromatic rings. The summed E-state index contributed by atoms with van der Waals surface area (Å²) >= 11 is 1.86. The molecule has 0 saturated heterocycles. The molecule has 51 heavy (non-hydrogen) atoms. The molecule has 240 valence electrons. The molecule has 10 rings (SSSR count). The molecule has 8 aromatic carbocycles. The molecule has 0 spiro atoms. The van der Waals surface area contributed by atoms with Crippen LogP contribution in [0.2, 0.25) is 0 Å². The van der Waals surface area contributed by atoms with Crippen molar-refractivity contribution >= 4 is 70.5 Å². The van der Waals surface area contributed by atoms with Crippen LogP contribution in [-0.4, -0.2) is 0 Å². The van der Waals surface area contributed by atoms with E-state index in [1.807, 2.05) is 23.5 Å². The van der Waals surface area contributed by atoms with Crippen molar-refractivity contribution in [2.24, 2.45) is 0 Å². The largest absolute Gasteiger partial charge is 0.456 e. The highest BCUT2D eigenvalue weighted by molar-refractivity contribution is 7.25. The van der Waals surface area contributed by atoms with Gasteiger partial charge in [-0.3, -0.25) is 0 Å². The summed E-state index contributed by atoms with van der Waals surface area (Å²) in [7, 11) is 0. The highest BCUT2D eigenvalue weighted by Crippen LogP contribution is 2.45. The van der Waals surface area contributed by atoms with Gasteiger partial charge in [0.15, 0.2) is 0 Å². The number of thiophene rings is 1. The minimum atomic E-state index is 0.873. The summed E-state index contributed by atoms with van der Waals surface area (Å²) in [4.78, 5) is 2.38. The second-order valence-electron chi connectivity index (χ2n) is 12.9. The first kappa shape index (κ1) is 29.5. The van der Waals surface area contributed by atoms with Gasteiger partial charge in [0.1, 0.15) is 11.2 Å². The maximum atomic E-state index is 6.39. The Morgan fingerprint density at radius 2 is 0.882 bits per heavy atom. The Morgan fingerprint density at radius 1 is 0.353 bits per heavy atom. The monoisotopic (exact) mass is 669 g/mol. The van der Waals surface area contributed by atoms with Crippen LogP contribution in [0.1, 0.15) is 0 Å². The lowest BCUT2D eigenvalue weighted by Gasteiger charge is -2.27. The third-order valence-corrected chi connectivity index (χ3v) is 11.0. The van der Waals surface area contributed by atoms with E-state index in [0.717, 1.165) is 44.6 Å². The molecule has 2 heterocycles. The number of hydrogen-bond donors (Lipinski definition) is 0. The molecule has 0 aliphatic heterocycles. The molecule has 0 aliphatic rings. The quantitative estimate of drug-likeness (QED) is 0.175. The molecular formula is C48H31NOS. The van der Waals surface area contributed by atoms with Gasteiger partial charge in [-0.15, -0.1) is 11.3 Å². The number of nitrogens with zero attached hydrogens (tertiary/aromatic N) is 1. The van der Waals surface area contributed by atoms with Crippen LogP contribution in [0.15, 0.2) is 192 Å². The van der Waals surface area contributed by atoms with E-state index in [1.165, 1.54) is 48.0 Å². The molecule has 0 bridgehead atoms. The Hall–Kier alpha value is -6.42. The molecule has 0 N–H and O–H groups in total. The van der Waals surface area contributed by atoms with Crippen molar-refractivity contribution in [3.8, 4) is 33.4 Å². The van der Waals surface area contributed by atoms with E-state index in [4.69, 9.17) is 4.42 Å². The molecule has 3 heteroatoms. The Kier molecular flexibility index (Phi) is 7.04. The first-order valence-electron chi connectivity index (χ1n) is 17.2. The Balaban J connectivity index is 1.13. The highest BCUT2D eigenvalue weighted by atomic mass is 32.1. The summed E-state index contributed by atoms with van der Waals surface area (Å²) in [6.07, 6.45) is 0. The van der Waals surface area contributed by atoms with Crippen LogP contribution in [0.4, 0.5) is 17.1 Å². The van der Waals surface area contributed by atoms with Crippen molar-refractivity contribution in [1.82, 2.24) is 0 Å². The van der Waals surface area contributed by atoms with Gasteiger partial charge in [-0.2, -0.15) is 0 Å². The third-order valence-electron chi connectivity index (χ3n) is 9.87. The van der Waals surface area contributed by atoms with E-state index in [9.17, 15) is 0 Å². The van der Waals surface area contributed by atoms with Gasteiger partial charge >= 0.3 is 0 Å². The van der Waals surface area contributed by atoms with Crippen molar-refractivity contribution in [3.63, 3.8) is 0 Å². The summed E-state index contributed by atoms with van der Waals surface area (Å²) < 4.78 is 9.01. The fourth-order valence-electron chi connectivity index (χ4n) is 7.41. The van der Waals surface area contributed by atoms with Gasteiger partial charge in [-0.05, 0) is 88.0 Å². The van der Waals surface area contributed by atoms with Crippen LogP contribution in [0.5, 0.6) is 0 Å². The maximum absolute atomic E-state index is 6.39. The van der Waals surface area contributed by atoms with Gasteiger partial charge in [-0.1, -0.05) is 133 Å². The van der Waals surface area contributed by atoms with E-state index in [1.54, 1.807) is 0 Å². The van der Waals surface area contributed by atoms with E-state index >= 15 is 0 Å². The number of furan rings is 1. The Morgan fingerprint density at radius 3 is 1.67 bits per heavy atom. The molecule has 2 aromatic heterocycles. The molecule has 2 nitrogen and oxygen atoms in total. The standard InChI is InChI=1S/C48H31NOS/c1-2-11-32(12-3-1)33-23-25-34(26-24-33)35-13-8-15-38(29-35)49(43-19-10-21-45-48(43)42-18-4-6-20-44(42)50-45)39-16-9-14-36(30-39)37-27-28-41-40-17-5-7-22-46(40)51-47(41)31-37/h1-31H. The van der Waals surface area contributed by atoms with Crippen LogP contribution in [0.25, 0.3) is 75.5 Å². The van der Waals surface area contributed by atoms with E-state index in [0.29, 0.717) is 0 Å². The number of fused-ring (bicyclic) bond motifs is 6. The number of benzene rings is 8.